The van der Waals surface area contributed by atoms with Crippen LogP contribution in [-0.4, -0.2) is 17.9 Å². The van der Waals surface area contributed by atoms with Crippen LogP contribution in [0.3, 0.4) is 0 Å². The van der Waals surface area contributed by atoms with Crippen molar-refractivity contribution in [3.63, 3.8) is 0 Å². The summed E-state index contributed by atoms with van der Waals surface area (Å²) in [7, 11) is 1.65. The number of aryl methyl sites for hydroxylation is 2. The third-order valence-corrected chi connectivity index (χ3v) is 4.81. The molecule has 3 rings (SSSR count). The van der Waals surface area contributed by atoms with Gasteiger partial charge in [-0.1, -0.05) is 12.0 Å². The molecule has 1 aromatic heterocycles. The molecule has 0 amide bonds. The van der Waals surface area contributed by atoms with Crippen molar-refractivity contribution >= 4 is 11.4 Å². The monoisotopic (exact) mass is 345 g/mol. The Morgan fingerprint density at radius 3 is 2.54 bits per heavy atom. The van der Waals surface area contributed by atoms with Crippen molar-refractivity contribution in [2.45, 2.75) is 33.6 Å². The van der Waals surface area contributed by atoms with E-state index in [1.807, 2.05) is 51.1 Å². The molecule has 0 radical (unpaired) electrons. The third kappa shape index (κ3) is 3.41. The Balaban J connectivity index is 1.98. The first-order valence-electron chi connectivity index (χ1n) is 8.80. The van der Waals surface area contributed by atoms with Crippen LogP contribution in [0.5, 0.6) is 0 Å². The number of carbonyl (C=O) groups excluding carboxylic acids is 1. The summed E-state index contributed by atoms with van der Waals surface area (Å²) in [6, 6.07) is 9.89. The van der Waals surface area contributed by atoms with Gasteiger partial charge in [-0.05, 0) is 61.7 Å². The number of allylic oxidation sites excluding steroid dienone is 2. The first kappa shape index (κ1) is 17.9. The second-order valence-electron chi connectivity index (χ2n) is 6.65. The van der Waals surface area contributed by atoms with Gasteiger partial charge in [0, 0.05) is 36.2 Å². The lowest BCUT2D eigenvalue weighted by molar-refractivity contribution is -0.116. The minimum atomic E-state index is -0.122. The Hall–Kier alpha value is -2.86. The average molecular weight is 345 g/mol. The normalized spacial score (nSPS) is 16.5. The molecule has 1 unspecified atom stereocenters. The largest absolute Gasteiger partial charge is 0.500 e. The lowest BCUT2D eigenvalue weighted by Crippen LogP contribution is -2.14. The van der Waals surface area contributed by atoms with Gasteiger partial charge in [0.2, 0.25) is 0 Å². The Bertz CT molecular complexity index is 907. The zero-order valence-corrected chi connectivity index (χ0v) is 15.7. The molecule has 3 heteroatoms. The summed E-state index contributed by atoms with van der Waals surface area (Å²) >= 11 is 0. The molecule has 0 saturated carbocycles. The molecule has 1 aromatic carbocycles. The van der Waals surface area contributed by atoms with Crippen LogP contribution in [0.4, 0.5) is 0 Å². The highest BCUT2D eigenvalue weighted by atomic mass is 16.5. The van der Waals surface area contributed by atoms with Crippen LogP contribution in [0, 0.1) is 31.6 Å². The summed E-state index contributed by atoms with van der Waals surface area (Å²) in [6.45, 7) is 5.89. The zero-order valence-electron chi connectivity index (χ0n) is 15.7. The highest BCUT2D eigenvalue weighted by Crippen LogP contribution is 2.39. The van der Waals surface area contributed by atoms with Gasteiger partial charge in [-0.3, -0.25) is 9.78 Å². The van der Waals surface area contributed by atoms with E-state index in [0.29, 0.717) is 12.8 Å². The molecule has 0 N–H and O–H groups in total. The maximum Gasteiger partial charge on any atom is 0.170 e. The minimum Gasteiger partial charge on any atom is -0.500 e. The molecular weight excluding hydrogens is 322 g/mol. The number of benzene rings is 1. The molecule has 1 aliphatic carbocycles. The van der Waals surface area contributed by atoms with Gasteiger partial charge in [0.1, 0.15) is 5.76 Å². The van der Waals surface area contributed by atoms with Gasteiger partial charge in [0.15, 0.2) is 5.78 Å². The smallest absolute Gasteiger partial charge is 0.170 e. The van der Waals surface area contributed by atoms with Crippen molar-refractivity contribution < 1.29 is 9.53 Å². The van der Waals surface area contributed by atoms with Gasteiger partial charge < -0.3 is 4.74 Å². The molecule has 1 atom stereocenters. The summed E-state index contributed by atoms with van der Waals surface area (Å²) in [4.78, 5) is 17.6. The molecule has 0 saturated heterocycles. The van der Waals surface area contributed by atoms with Crippen LogP contribution < -0.4 is 0 Å². The number of methoxy groups -OCH3 is 1. The van der Waals surface area contributed by atoms with E-state index < -0.39 is 0 Å². The van der Waals surface area contributed by atoms with Gasteiger partial charge in [0.25, 0.3) is 0 Å². The molecule has 1 aliphatic rings. The van der Waals surface area contributed by atoms with E-state index in [2.05, 4.69) is 16.8 Å². The summed E-state index contributed by atoms with van der Waals surface area (Å²) in [5.74, 6) is 6.82. The number of ketones is 1. The highest BCUT2D eigenvalue weighted by molar-refractivity contribution is 6.25. The fraction of sp³-hybridized carbons (Fsp3) is 0.304. The number of hydrogen-bond donors (Lipinski definition) is 0. The number of nitrogens with zero attached hydrogens (tertiary/aromatic N) is 1. The average Bonchev–Trinajstić information content (AvgIpc) is 2.92. The third-order valence-electron chi connectivity index (χ3n) is 4.81. The minimum absolute atomic E-state index is 0.122. The fourth-order valence-electron chi connectivity index (χ4n) is 3.72. The molecule has 0 bridgehead atoms. The number of hydrogen-bond acceptors (Lipinski definition) is 3. The van der Waals surface area contributed by atoms with Crippen molar-refractivity contribution in [1.29, 1.82) is 0 Å². The van der Waals surface area contributed by atoms with Crippen LogP contribution >= 0.6 is 0 Å². The van der Waals surface area contributed by atoms with Crippen molar-refractivity contribution in [2.24, 2.45) is 5.92 Å². The molecule has 26 heavy (non-hydrogen) atoms. The van der Waals surface area contributed by atoms with Gasteiger partial charge in [-0.15, -0.1) is 5.92 Å². The number of aromatic nitrogens is 1. The maximum absolute atomic E-state index is 13.2. The van der Waals surface area contributed by atoms with Crippen LogP contribution in [0.15, 0.2) is 42.3 Å². The molecule has 2 aromatic rings. The van der Waals surface area contributed by atoms with E-state index in [1.165, 1.54) is 0 Å². The van der Waals surface area contributed by atoms with Gasteiger partial charge in [-0.2, -0.15) is 0 Å². The van der Waals surface area contributed by atoms with E-state index in [0.717, 1.165) is 39.3 Å². The van der Waals surface area contributed by atoms with Crippen molar-refractivity contribution in [1.82, 2.24) is 4.98 Å². The SMILES string of the molecule is CC#Cc1cc(C)c(C2=C(OC)CC(Cc3ccccn3)C2=O)c(C)c1. The van der Waals surface area contributed by atoms with E-state index in [1.54, 1.807) is 13.3 Å². The van der Waals surface area contributed by atoms with Crippen molar-refractivity contribution in [3.8, 4) is 11.8 Å². The molecule has 0 aliphatic heterocycles. The topological polar surface area (TPSA) is 39.2 Å². The van der Waals surface area contributed by atoms with Crippen LogP contribution in [0.25, 0.3) is 5.57 Å². The fourth-order valence-corrected chi connectivity index (χ4v) is 3.72. The van der Waals surface area contributed by atoms with Gasteiger partial charge in [-0.25, -0.2) is 0 Å². The number of ether oxygens (including phenoxy) is 1. The molecule has 3 nitrogen and oxygen atoms in total. The molecular formula is C23H23NO2. The number of rotatable bonds is 4. The van der Waals surface area contributed by atoms with Crippen LogP contribution in [-0.2, 0) is 16.0 Å². The summed E-state index contributed by atoms with van der Waals surface area (Å²) in [5.41, 5.74) is 5.72. The zero-order chi connectivity index (χ0) is 18.7. The lowest BCUT2D eigenvalue weighted by Gasteiger charge is -2.13. The number of carbonyl (C=O) groups is 1. The van der Waals surface area contributed by atoms with E-state index in [9.17, 15) is 4.79 Å². The first-order valence-corrected chi connectivity index (χ1v) is 8.80. The summed E-state index contributed by atoms with van der Waals surface area (Å²) < 4.78 is 5.61. The van der Waals surface area contributed by atoms with Crippen molar-refractivity contribution in [2.75, 3.05) is 7.11 Å². The Labute approximate surface area is 155 Å². The standard InChI is InChI=1S/C23H23NO2/c1-5-8-17-11-15(2)21(16(3)12-17)22-20(26-4)14-18(23(22)25)13-19-9-6-7-10-24-19/h6-7,9-12,18H,13-14H2,1-4H3. The molecule has 0 spiro atoms. The van der Waals surface area contributed by atoms with Gasteiger partial charge >= 0.3 is 0 Å². The Kier molecular flexibility index (Phi) is 5.23. The predicted octanol–water partition coefficient (Wildman–Crippen LogP) is 4.26. The number of Topliss-reactive ketones (excluding diaryl/α,β-unsaturated/α-hetero) is 1. The predicted molar refractivity (Wildman–Crippen MR) is 103 cm³/mol. The quantitative estimate of drug-likeness (QED) is 0.777. The lowest BCUT2D eigenvalue weighted by atomic mass is 9.89. The van der Waals surface area contributed by atoms with Crippen LogP contribution in [0.1, 0.15) is 41.3 Å². The molecule has 0 fully saturated rings. The maximum atomic E-state index is 13.2. The van der Waals surface area contributed by atoms with E-state index in [-0.39, 0.29) is 11.7 Å². The van der Waals surface area contributed by atoms with Crippen molar-refractivity contribution in [3.05, 3.63) is 70.2 Å². The second-order valence-corrected chi connectivity index (χ2v) is 6.65. The van der Waals surface area contributed by atoms with Crippen LogP contribution in [0.2, 0.25) is 0 Å². The second kappa shape index (κ2) is 7.58. The number of pyridine rings is 1. The highest BCUT2D eigenvalue weighted by Gasteiger charge is 2.36. The molecule has 1 heterocycles. The van der Waals surface area contributed by atoms with E-state index in [4.69, 9.17) is 4.74 Å². The summed E-state index contributed by atoms with van der Waals surface area (Å²) in [5, 5.41) is 0. The molecule has 132 valence electrons. The van der Waals surface area contributed by atoms with E-state index >= 15 is 0 Å². The Morgan fingerprint density at radius 2 is 1.96 bits per heavy atom. The van der Waals surface area contributed by atoms with Gasteiger partial charge in [0.05, 0.1) is 12.7 Å². The first-order chi connectivity index (χ1) is 12.5. The summed E-state index contributed by atoms with van der Waals surface area (Å²) in [6.07, 6.45) is 3.02. The Morgan fingerprint density at radius 1 is 1.23 bits per heavy atom.